The van der Waals surface area contributed by atoms with Gasteiger partial charge in [0.15, 0.2) is 5.17 Å². The van der Waals surface area contributed by atoms with Crippen LogP contribution in [0.1, 0.15) is 45.7 Å². The minimum absolute atomic E-state index is 0.126. The Kier molecular flexibility index (Phi) is 8.04. The van der Waals surface area contributed by atoms with Crippen molar-refractivity contribution in [2.24, 2.45) is 4.99 Å². The van der Waals surface area contributed by atoms with Gasteiger partial charge in [-0.25, -0.2) is 0 Å². The number of carbonyl (C=O) groups excluding carboxylic acids is 1. The van der Waals surface area contributed by atoms with E-state index < -0.39 is 10.9 Å². The molecule has 0 amide bonds. The van der Waals surface area contributed by atoms with Gasteiger partial charge in [-0.3, -0.25) is 9.79 Å². The Morgan fingerprint density at radius 3 is 2.51 bits per heavy atom. The number of piperazine rings is 1. The van der Waals surface area contributed by atoms with E-state index in [-0.39, 0.29) is 24.1 Å². The van der Waals surface area contributed by atoms with Crippen molar-refractivity contribution in [1.82, 2.24) is 10.2 Å². The van der Waals surface area contributed by atoms with E-state index >= 15 is 0 Å². The minimum atomic E-state index is -0.765. The largest absolute Gasteiger partial charge is 0.465 e. The zero-order valence-electron chi connectivity index (χ0n) is 20.8. The molecule has 0 aliphatic carbocycles. The summed E-state index contributed by atoms with van der Waals surface area (Å²) in [5.74, 6) is 1.25. The van der Waals surface area contributed by atoms with Crippen LogP contribution in [0.25, 0.3) is 0 Å². The maximum absolute atomic E-state index is 12.9. The number of ether oxygens (including phenoxy) is 2. The molecule has 1 fully saturated rings. The third kappa shape index (κ3) is 6.37. The number of hydrogen-bond acceptors (Lipinski definition) is 8. The monoisotopic (exact) mass is 497 g/mol. The second-order valence-corrected chi connectivity index (χ2v) is 10.8. The second kappa shape index (κ2) is 11.0. The summed E-state index contributed by atoms with van der Waals surface area (Å²) in [5.41, 5.74) is 0.181. The number of nitrogens with zero attached hydrogens (tertiary/aromatic N) is 2. The molecule has 0 radical (unpaired) electrons. The van der Waals surface area contributed by atoms with Crippen LogP contribution in [0.5, 0.6) is 11.5 Å². The van der Waals surface area contributed by atoms with E-state index in [2.05, 4.69) is 17.1 Å². The summed E-state index contributed by atoms with van der Waals surface area (Å²) < 4.78 is 11.3. The van der Waals surface area contributed by atoms with E-state index in [1.54, 1.807) is 0 Å². The number of para-hydroxylation sites is 1. The first kappa shape index (κ1) is 25.5. The predicted molar refractivity (Wildman–Crippen MR) is 140 cm³/mol. The summed E-state index contributed by atoms with van der Waals surface area (Å²) in [6, 6.07) is 17.3. The highest BCUT2D eigenvalue weighted by Gasteiger charge is 2.42. The molecular formula is C27H35N3O4S. The summed E-state index contributed by atoms with van der Waals surface area (Å²) in [4.78, 5) is 20.2. The van der Waals surface area contributed by atoms with Gasteiger partial charge in [0.05, 0.1) is 12.2 Å². The van der Waals surface area contributed by atoms with Gasteiger partial charge in [-0.05, 0) is 63.9 Å². The first-order chi connectivity index (χ1) is 16.7. The Bertz CT molecular complexity index is 1020. The van der Waals surface area contributed by atoms with Gasteiger partial charge < -0.3 is 24.8 Å². The van der Waals surface area contributed by atoms with Gasteiger partial charge in [-0.15, -0.1) is 0 Å². The van der Waals surface area contributed by atoms with Gasteiger partial charge in [0.25, 0.3) is 0 Å². The van der Waals surface area contributed by atoms with Crippen LogP contribution in [0.15, 0.2) is 59.6 Å². The van der Waals surface area contributed by atoms with Crippen LogP contribution in [-0.4, -0.2) is 63.8 Å². The molecule has 2 aliphatic heterocycles. The van der Waals surface area contributed by atoms with E-state index in [1.807, 2.05) is 75.4 Å². The Morgan fingerprint density at radius 1 is 1.17 bits per heavy atom. The number of esters is 1. The first-order valence-corrected chi connectivity index (χ1v) is 13.1. The third-order valence-electron chi connectivity index (χ3n) is 6.29. The Labute approximate surface area is 211 Å². The van der Waals surface area contributed by atoms with Gasteiger partial charge in [-0.1, -0.05) is 42.1 Å². The zero-order valence-corrected chi connectivity index (χ0v) is 21.6. The molecule has 8 heteroatoms. The van der Waals surface area contributed by atoms with Crippen LogP contribution in [0.4, 0.5) is 0 Å². The molecule has 35 heavy (non-hydrogen) atoms. The predicted octanol–water partition coefficient (Wildman–Crippen LogP) is 4.38. The molecule has 4 rings (SSSR count). The van der Waals surface area contributed by atoms with E-state index in [0.29, 0.717) is 13.0 Å². The van der Waals surface area contributed by atoms with Crippen LogP contribution in [0.2, 0.25) is 0 Å². The smallest absolute Gasteiger partial charge is 0.322 e. The van der Waals surface area contributed by atoms with Crippen molar-refractivity contribution < 1.29 is 19.4 Å². The number of carbonyl (C=O) groups is 1. The van der Waals surface area contributed by atoms with E-state index in [9.17, 15) is 9.90 Å². The van der Waals surface area contributed by atoms with Crippen molar-refractivity contribution in [3.05, 3.63) is 60.2 Å². The third-order valence-corrected chi connectivity index (χ3v) is 7.54. The van der Waals surface area contributed by atoms with Crippen LogP contribution in [0, 0.1) is 0 Å². The highest BCUT2D eigenvalue weighted by molar-refractivity contribution is 8.15. The number of nitrogens with one attached hydrogen (secondary N) is 1. The molecule has 2 aromatic rings. The van der Waals surface area contributed by atoms with E-state index in [4.69, 9.17) is 14.5 Å². The topological polar surface area (TPSA) is 83.4 Å². The summed E-state index contributed by atoms with van der Waals surface area (Å²) in [6.45, 7) is 9.56. The normalized spacial score (nSPS) is 24.7. The highest BCUT2D eigenvalue weighted by atomic mass is 32.2. The molecule has 2 aromatic carbocycles. The van der Waals surface area contributed by atoms with Gasteiger partial charge in [0.1, 0.15) is 22.8 Å². The molecule has 4 atom stereocenters. The zero-order chi connectivity index (χ0) is 25.0. The van der Waals surface area contributed by atoms with E-state index in [0.717, 1.165) is 35.3 Å². The molecule has 7 nitrogen and oxygen atoms in total. The van der Waals surface area contributed by atoms with Gasteiger partial charge >= 0.3 is 5.97 Å². The lowest BCUT2D eigenvalue weighted by molar-refractivity contribution is -0.142. The van der Waals surface area contributed by atoms with Crippen molar-refractivity contribution in [2.75, 3.05) is 19.7 Å². The number of rotatable bonds is 7. The molecule has 2 heterocycles. The average molecular weight is 498 g/mol. The molecule has 1 saturated heterocycles. The summed E-state index contributed by atoms with van der Waals surface area (Å²) >= 11 is 1.48. The molecule has 0 spiro atoms. The molecule has 4 unspecified atom stereocenters. The quantitative estimate of drug-likeness (QED) is 0.550. The van der Waals surface area contributed by atoms with E-state index in [1.165, 1.54) is 11.8 Å². The molecular weight excluding hydrogens is 462 g/mol. The lowest BCUT2D eigenvalue weighted by atomic mass is 9.93. The Hall–Kier alpha value is -2.55. The van der Waals surface area contributed by atoms with Crippen LogP contribution < -0.4 is 10.1 Å². The Balaban J connectivity index is 1.55. The summed E-state index contributed by atoms with van der Waals surface area (Å²) in [6.07, 6.45) is 0.635. The second-order valence-electron chi connectivity index (χ2n) is 9.64. The van der Waals surface area contributed by atoms with Crippen molar-refractivity contribution in [3.8, 4) is 11.5 Å². The van der Waals surface area contributed by atoms with Crippen molar-refractivity contribution in [1.29, 1.82) is 0 Å². The fraction of sp³-hybridized carbons (Fsp3) is 0.481. The first-order valence-electron chi connectivity index (χ1n) is 12.2. The molecule has 2 N–H and O–H groups in total. The fourth-order valence-electron chi connectivity index (χ4n) is 4.56. The van der Waals surface area contributed by atoms with Gasteiger partial charge in [0, 0.05) is 25.2 Å². The molecule has 0 bridgehead atoms. The Morgan fingerprint density at radius 2 is 1.86 bits per heavy atom. The minimum Gasteiger partial charge on any atom is -0.465 e. The number of amidine groups is 1. The standard InChI is InChI=1S/C27H35N3O4S/c1-5-33-25(31)24-23(19-11-13-21(14-12-19)34-20-9-7-6-8-10-20)29-26(35-24)30-16-15-28-22(18(30)2)17-27(3,4)32/h6-14,18,22-24,28,32H,5,15-17H2,1-4H3. The van der Waals surface area contributed by atoms with Gasteiger partial charge in [0.2, 0.25) is 0 Å². The molecule has 0 aromatic heterocycles. The maximum atomic E-state index is 12.9. The SMILES string of the molecule is CCOC(=O)C1SC(N2CCNC(CC(C)(C)O)C2C)=NC1c1ccc(Oc2ccccc2)cc1. The number of aliphatic hydroxyl groups is 1. The van der Waals surface area contributed by atoms with Crippen molar-refractivity contribution >= 4 is 22.9 Å². The lowest BCUT2D eigenvalue weighted by Crippen LogP contribution is -2.59. The molecule has 2 aliphatic rings. The van der Waals surface area contributed by atoms with Crippen molar-refractivity contribution in [2.45, 2.75) is 63.1 Å². The number of benzene rings is 2. The lowest BCUT2D eigenvalue weighted by Gasteiger charge is -2.42. The maximum Gasteiger partial charge on any atom is 0.322 e. The number of thioether (sulfide) groups is 1. The molecule has 0 saturated carbocycles. The fourth-order valence-corrected chi connectivity index (χ4v) is 5.86. The van der Waals surface area contributed by atoms with Crippen molar-refractivity contribution in [3.63, 3.8) is 0 Å². The number of hydrogen-bond donors (Lipinski definition) is 2. The summed E-state index contributed by atoms with van der Waals surface area (Å²) in [7, 11) is 0. The molecule has 188 valence electrons. The highest BCUT2D eigenvalue weighted by Crippen LogP contribution is 2.41. The number of aliphatic imine (C=N–C) groups is 1. The average Bonchev–Trinajstić information content (AvgIpc) is 3.26. The van der Waals surface area contributed by atoms with Gasteiger partial charge in [-0.2, -0.15) is 0 Å². The summed E-state index contributed by atoms with van der Waals surface area (Å²) in [5, 5.41) is 14.3. The van der Waals surface area contributed by atoms with Crippen LogP contribution in [-0.2, 0) is 9.53 Å². The van der Waals surface area contributed by atoms with Crippen LogP contribution in [0.3, 0.4) is 0 Å². The van der Waals surface area contributed by atoms with Crippen LogP contribution >= 0.6 is 11.8 Å².